The molecular weight excluding hydrogens is 348 g/mol. The summed E-state index contributed by atoms with van der Waals surface area (Å²) in [6.45, 7) is 0.710. The van der Waals surface area contributed by atoms with Crippen molar-refractivity contribution in [2.75, 3.05) is 13.1 Å². The number of piperidine rings is 1. The largest absolute Gasteiger partial charge is 0.353 e. The van der Waals surface area contributed by atoms with E-state index in [1.807, 2.05) is 0 Å². The number of sulfonamides is 1. The molecule has 0 spiro atoms. The molecule has 7 heteroatoms. The van der Waals surface area contributed by atoms with Gasteiger partial charge in [-0.1, -0.05) is 24.4 Å². The maximum absolute atomic E-state index is 12.8. The van der Waals surface area contributed by atoms with Gasteiger partial charge in [0.25, 0.3) is 0 Å². The van der Waals surface area contributed by atoms with Gasteiger partial charge in [0.15, 0.2) is 0 Å². The van der Waals surface area contributed by atoms with Crippen molar-refractivity contribution in [3.05, 3.63) is 29.3 Å². The second-order valence-electron chi connectivity index (χ2n) is 6.65. The molecule has 1 atom stereocenters. The molecule has 1 aliphatic carbocycles. The van der Waals surface area contributed by atoms with E-state index in [4.69, 9.17) is 11.6 Å². The number of nitrogens with one attached hydrogen (secondary N) is 1. The monoisotopic (exact) mass is 370 g/mol. The maximum Gasteiger partial charge on any atom is 0.243 e. The van der Waals surface area contributed by atoms with Gasteiger partial charge in [0.05, 0.1) is 10.8 Å². The fraction of sp³-hybridized carbons (Fsp3) is 0.588. The smallest absolute Gasteiger partial charge is 0.243 e. The molecule has 1 aromatic rings. The predicted molar refractivity (Wildman–Crippen MR) is 93.3 cm³/mol. The van der Waals surface area contributed by atoms with Gasteiger partial charge < -0.3 is 5.32 Å². The van der Waals surface area contributed by atoms with Crippen molar-refractivity contribution in [2.24, 2.45) is 5.92 Å². The first kappa shape index (κ1) is 17.7. The number of amides is 1. The highest BCUT2D eigenvalue weighted by molar-refractivity contribution is 7.89. The summed E-state index contributed by atoms with van der Waals surface area (Å²) in [5.74, 6) is -0.265. The summed E-state index contributed by atoms with van der Waals surface area (Å²) in [6, 6.07) is 6.44. The van der Waals surface area contributed by atoms with Crippen LogP contribution in [0.15, 0.2) is 29.2 Å². The van der Waals surface area contributed by atoms with Gasteiger partial charge >= 0.3 is 0 Å². The molecule has 2 fully saturated rings. The van der Waals surface area contributed by atoms with Crippen molar-refractivity contribution in [2.45, 2.75) is 49.5 Å². The van der Waals surface area contributed by atoms with Crippen LogP contribution in [0.3, 0.4) is 0 Å². The maximum atomic E-state index is 12.8. The van der Waals surface area contributed by atoms with Crippen LogP contribution in [0.1, 0.15) is 38.5 Å². The summed E-state index contributed by atoms with van der Waals surface area (Å²) in [6.07, 6.45) is 5.83. The number of hydrogen-bond acceptors (Lipinski definition) is 3. The first-order valence-corrected chi connectivity index (χ1v) is 10.3. The van der Waals surface area contributed by atoms with E-state index in [0.717, 1.165) is 32.1 Å². The Balaban J connectivity index is 1.68. The Morgan fingerprint density at radius 2 is 1.75 bits per heavy atom. The lowest BCUT2D eigenvalue weighted by Gasteiger charge is -2.31. The lowest BCUT2D eigenvalue weighted by Crippen LogP contribution is -2.47. The fourth-order valence-electron chi connectivity index (χ4n) is 3.52. The summed E-state index contributed by atoms with van der Waals surface area (Å²) in [5, 5.41) is 3.59. The zero-order chi connectivity index (χ0) is 17.2. The lowest BCUT2D eigenvalue weighted by atomic mass is 9.98. The minimum atomic E-state index is -3.58. The molecule has 3 rings (SSSR count). The lowest BCUT2D eigenvalue weighted by molar-refractivity contribution is -0.126. The van der Waals surface area contributed by atoms with Gasteiger partial charge in [-0.05, 0) is 49.9 Å². The number of rotatable bonds is 4. The zero-order valence-corrected chi connectivity index (χ0v) is 15.2. The molecule has 2 aliphatic rings. The number of halogens is 1. The molecule has 1 unspecified atom stereocenters. The molecule has 5 nitrogen and oxygen atoms in total. The molecule has 0 aromatic heterocycles. The summed E-state index contributed by atoms with van der Waals surface area (Å²) in [4.78, 5) is 12.7. The molecular formula is C17H23ClN2O3S. The summed E-state index contributed by atoms with van der Waals surface area (Å²) in [5.41, 5.74) is 0. The molecule has 24 heavy (non-hydrogen) atoms. The van der Waals surface area contributed by atoms with Crippen LogP contribution in [0.25, 0.3) is 0 Å². The van der Waals surface area contributed by atoms with Crippen molar-refractivity contribution >= 4 is 27.5 Å². The number of hydrogen-bond donors (Lipinski definition) is 1. The van der Waals surface area contributed by atoms with E-state index in [2.05, 4.69) is 5.32 Å². The first-order valence-electron chi connectivity index (χ1n) is 8.53. The average molecular weight is 371 g/mol. The van der Waals surface area contributed by atoms with Crippen LogP contribution in [0.5, 0.6) is 0 Å². The predicted octanol–water partition coefficient (Wildman–Crippen LogP) is 2.80. The summed E-state index contributed by atoms with van der Waals surface area (Å²) < 4.78 is 27.0. The van der Waals surface area contributed by atoms with E-state index >= 15 is 0 Å². The van der Waals surface area contributed by atoms with Crippen LogP contribution in [0.2, 0.25) is 5.02 Å². The van der Waals surface area contributed by atoms with Crippen molar-refractivity contribution in [3.8, 4) is 0 Å². The van der Waals surface area contributed by atoms with Crippen molar-refractivity contribution in [3.63, 3.8) is 0 Å². The minimum absolute atomic E-state index is 0.00194. The molecule has 1 amide bonds. The molecule has 1 N–H and O–H groups in total. The van der Waals surface area contributed by atoms with E-state index in [1.54, 1.807) is 12.1 Å². The highest BCUT2D eigenvalue weighted by atomic mass is 35.5. The molecule has 1 aliphatic heterocycles. The average Bonchev–Trinajstić information content (AvgIpc) is 3.08. The summed E-state index contributed by atoms with van der Waals surface area (Å²) in [7, 11) is -3.58. The molecule has 132 valence electrons. The number of benzene rings is 1. The van der Waals surface area contributed by atoms with Crippen LogP contribution in [-0.2, 0) is 14.8 Å². The third-order valence-corrected chi connectivity index (χ3v) is 7.04. The molecule has 1 saturated carbocycles. The van der Waals surface area contributed by atoms with E-state index < -0.39 is 10.0 Å². The number of nitrogens with zero attached hydrogens (tertiary/aromatic N) is 1. The molecule has 1 heterocycles. The first-order chi connectivity index (χ1) is 11.5. The van der Waals surface area contributed by atoms with Crippen LogP contribution in [0.4, 0.5) is 0 Å². The van der Waals surface area contributed by atoms with Gasteiger partial charge in [-0.15, -0.1) is 0 Å². The summed E-state index contributed by atoms with van der Waals surface area (Å²) >= 11 is 5.83. The van der Waals surface area contributed by atoms with Crippen LogP contribution in [0, 0.1) is 5.92 Å². The second kappa shape index (κ2) is 7.42. The van der Waals surface area contributed by atoms with Crippen molar-refractivity contribution in [1.29, 1.82) is 0 Å². The Morgan fingerprint density at radius 3 is 2.42 bits per heavy atom. The Morgan fingerprint density at radius 1 is 1.08 bits per heavy atom. The van der Waals surface area contributed by atoms with Gasteiger partial charge in [-0.25, -0.2) is 8.42 Å². The minimum Gasteiger partial charge on any atom is -0.353 e. The highest BCUT2D eigenvalue weighted by Crippen LogP contribution is 2.25. The van der Waals surface area contributed by atoms with Gasteiger partial charge in [-0.2, -0.15) is 4.31 Å². The Hall–Kier alpha value is -1.11. The highest BCUT2D eigenvalue weighted by Gasteiger charge is 2.34. The molecule has 1 aromatic carbocycles. The van der Waals surface area contributed by atoms with E-state index in [0.29, 0.717) is 18.0 Å². The van der Waals surface area contributed by atoms with Crippen LogP contribution in [-0.4, -0.2) is 37.8 Å². The van der Waals surface area contributed by atoms with Crippen molar-refractivity contribution < 1.29 is 13.2 Å². The molecule has 1 saturated heterocycles. The van der Waals surface area contributed by atoms with E-state index in [1.165, 1.54) is 16.4 Å². The van der Waals surface area contributed by atoms with Gasteiger partial charge in [0.1, 0.15) is 0 Å². The number of carbonyl (C=O) groups excluding carboxylic acids is 1. The topological polar surface area (TPSA) is 66.5 Å². The quantitative estimate of drug-likeness (QED) is 0.886. The Bertz CT molecular complexity index is 684. The third-order valence-electron chi connectivity index (χ3n) is 4.91. The zero-order valence-electron chi connectivity index (χ0n) is 13.6. The van der Waals surface area contributed by atoms with Crippen LogP contribution >= 0.6 is 11.6 Å². The van der Waals surface area contributed by atoms with Crippen LogP contribution < -0.4 is 5.32 Å². The van der Waals surface area contributed by atoms with Crippen molar-refractivity contribution in [1.82, 2.24) is 9.62 Å². The van der Waals surface area contributed by atoms with Gasteiger partial charge in [0.2, 0.25) is 15.9 Å². The molecule has 0 radical (unpaired) electrons. The number of carbonyl (C=O) groups is 1. The normalized spacial score (nSPS) is 23.3. The third kappa shape index (κ3) is 3.92. The second-order valence-corrected chi connectivity index (χ2v) is 9.02. The van der Waals surface area contributed by atoms with Gasteiger partial charge in [-0.3, -0.25) is 4.79 Å². The standard InChI is InChI=1S/C17H23ClN2O3S/c18-14-7-9-16(10-8-14)24(22,23)20-11-3-4-13(12-20)17(21)19-15-5-1-2-6-15/h7-10,13,15H,1-6,11-12H2,(H,19,21). The Kier molecular flexibility index (Phi) is 5.47. The Labute approximate surface area is 148 Å². The van der Waals surface area contributed by atoms with Gasteiger partial charge in [0, 0.05) is 24.2 Å². The fourth-order valence-corrected chi connectivity index (χ4v) is 5.17. The SMILES string of the molecule is O=C(NC1CCCC1)C1CCCN(S(=O)(=O)c2ccc(Cl)cc2)C1. The van der Waals surface area contributed by atoms with E-state index in [9.17, 15) is 13.2 Å². The molecule has 0 bridgehead atoms. The van der Waals surface area contributed by atoms with E-state index in [-0.39, 0.29) is 29.3 Å².